The van der Waals surface area contributed by atoms with Gasteiger partial charge in [-0.15, -0.1) is 5.10 Å². The van der Waals surface area contributed by atoms with Gasteiger partial charge < -0.3 is 4.42 Å². The quantitative estimate of drug-likeness (QED) is 0.390. The van der Waals surface area contributed by atoms with Crippen LogP contribution in [0.4, 0.5) is 11.7 Å². The zero-order valence-corrected chi connectivity index (χ0v) is 18.4. The van der Waals surface area contributed by atoms with Crippen molar-refractivity contribution in [1.29, 1.82) is 0 Å². The first kappa shape index (κ1) is 21.8. The number of benzene rings is 3. The first-order valence-electron chi connectivity index (χ1n) is 9.11. The third-order valence-corrected chi connectivity index (χ3v) is 6.22. The summed E-state index contributed by atoms with van der Waals surface area (Å²) in [7, 11) is -3.89. The molecule has 1 aromatic heterocycles. The Hall–Kier alpha value is -3.40. The lowest BCUT2D eigenvalue weighted by Crippen LogP contribution is -2.18. The van der Waals surface area contributed by atoms with E-state index in [1.807, 2.05) is 0 Å². The van der Waals surface area contributed by atoms with Crippen molar-refractivity contribution in [2.75, 3.05) is 10.0 Å². The maximum Gasteiger partial charge on any atom is 0.322 e. The van der Waals surface area contributed by atoms with Crippen molar-refractivity contribution in [3.8, 4) is 11.5 Å². The van der Waals surface area contributed by atoms with Crippen LogP contribution in [0.1, 0.15) is 10.4 Å². The topological polar surface area (TPSA) is 114 Å². The summed E-state index contributed by atoms with van der Waals surface area (Å²) in [4.78, 5) is 12.9. The normalized spacial score (nSPS) is 11.2. The van der Waals surface area contributed by atoms with Crippen molar-refractivity contribution in [2.45, 2.75) is 4.90 Å². The number of nitrogens with one attached hydrogen (secondary N) is 2. The third-order valence-electron chi connectivity index (χ3n) is 4.27. The maximum absolute atomic E-state index is 12.8. The number of hydrogen-bond acceptors (Lipinski definition) is 6. The molecule has 0 spiro atoms. The largest absolute Gasteiger partial charge is 0.403 e. The predicted octanol–water partition coefficient (Wildman–Crippen LogP) is 5.10. The van der Waals surface area contributed by atoms with E-state index in [9.17, 15) is 13.2 Å². The summed E-state index contributed by atoms with van der Waals surface area (Å²) >= 11 is 12.1. The molecule has 0 unspecified atom stereocenters. The second-order valence-electron chi connectivity index (χ2n) is 6.45. The van der Waals surface area contributed by atoms with Gasteiger partial charge in [-0.25, -0.2) is 8.42 Å². The fraction of sp³-hybridized carbons (Fsp3) is 0. The zero-order valence-electron chi connectivity index (χ0n) is 16.1. The molecule has 4 aromatic rings. The van der Waals surface area contributed by atoms with Gasteiger partial charge in [-0.3, -0.25) is 14.8 Å². The van der Waals surface area contributed by atoms with Crippen LogP contribution in [0.2, 0.25) is 10.0 Å². The van der Waals surface area contributed by atoms with Gasteiger partial charge in [-0.2, -0.15) is 0 Å². The second kappa shape index (κ2) is 8.99. The van der Waals surface area contributed by atoms with Crippen molar-refractivity contribution in [1.82, 2.24) is 10.2 Å². The number of halogens is 2. The number of carbonyl (C=O) groups is 1. The minimum absolute atomic E-state index is 0.0610. The fourth-order valence-electron chi connectivity index (χ4n) is 2.78. The monoisotopic (exact) mass is 488 g/mol. The van der Waals surface area contributed by atoms with E-state index in [2.05, 4.69) is 20.2 Å². The second-order valence-corrected chi connectivity index (χ2v) is 8.98. The lowest BCUT2D eigenvalue weighted by molar-refractivity contribution is 0.102. The molecule has 0 bridgehead atoms. The van der Waals surface area contributed by atoms with E-state index in [1.54, 1.807) is 48.5 Å². The van der Waals surface area contributed by atoms with E-state index in [0.29, 0.717) is 15.6 Å². The molecule has 32 heavy (non-hydrogen) atoms. The predicted molar refractivity (Wildman–Crippen MR) is 121 cm³/mol. The number of nitrogens with zero attached hydrogens (tertiary/aromatic N) is 2. The van der Waals surface area contributed by atoms with Crippen molar-refractivity contribution >= 4 is 50.8 Å². The number of rotatable bonds is 6. The maximum atomic E-state index is 12.8. The molecule has 0 saturated carbocycles. The molecule has 2 N–H and O–H groups in total. The minimum Gasteiger partial charge on any atom is -0.403 e. The van der Waals surface area contributed by atoms with Crippen molar-refractivity contribution < 1.29 is 17.6 Å². The lowest BCUT2D eigenvalue weighted by atomic mass is 10.2. The Morgan fingerprint density at radius 3 is 2.41 bits per heavy atom. The number of sulfonamides is 1. The molecule has 0 radical (unpaired) electrons. The summed E-state index contributed by atoms with van der Waals surface area (Å²) in [5.41, 5.74) is 0.558. The number of carbonyl (C=O) groups excluding carboxylic acids is 1. The van der Waals surface area contributed by atoms with E-state index in [4.69, 9.17) is 27.6 Å². The molecule has 162 valence electrons. The zero-order chi connectivity index (χ0) is 22.7. The number of anilines is 2. The Bertz CT molecular complexity index is 1390. The number of para-hydroxylation sites is 1. The van der Waals surface area contributed by atoms with Crippen LogP contribution >= 0.6 is 23.2 Å². The van der Waals surface area contributed by atoms with Crippen molar-refractivity contribution in [3.05, 3.63) is 88.4 Å². The molecule has 3 aromatic carbocycles. The average Bonchev–Trinajstić information content (AvgIpc) is 3.24. The molecule has 4 rings (SSSR count). The Labute approximate surface area is 193 Å². The molecule has 0 atom stereocenters. The summed E-state index contributed by atoms with van der Waals surface area (Å²) in [5, 5.41) is 10.9. The molecule has 1 heterocycles. The Morgan fingerprint density at radius 2 is 1.62 bits per heavy atom. The number of aromatic nitrogens is 2. The fourth-order valence-corrected chi connectivity index (χ4v) is 4.25. The van der Waals surface area contributed by atoms with E-state index in [0.717, 1.165) is 0 Å². The Kier molecular flexibility index (Phi) is 6.13. The number of amides is 1. The smallest absolute Gasteiger partial charge is 0.322 e. The van der Waals surface area contributed by atoms with Crippen LogP contribution in [0.3, 0.4) is 0 Å². The standard InChI is InChI=1S/C21H14Cl2N4O4S/c22-13-10-11-17(23)16(12-13)20-25-26-21(31-20)24-19(28)15-8-4-5-9-18(15)27-32(29,30)14-6-2-1-3-7-14/h1-12,27H,(H,24,26,28). The summed E-state index contributed by atoms with van der Waals surface area (Å²) < 4.78 is 33.2. The highest BCUT2D eigenvalue weighted by molar-refractivity contribution is 7.92. The highest BCUT2D eigenvalue weighted by atomic mass is 35.5. The van der Waals surface area contributed by atoms with Gasteiger partial charge in [0, 0.05) is 5.02 Å². The average molecular weight is 489 g/mol. The van der Waals surface area contributed by atoms with E-state index < -0.39 is 15.9 Å². The van der Waals surface area contributed by atoms with Gasteiger partial charge in [0.25, 0.3) is 21.8 Å². The first-order chi connectivity index (χ1) is 15.3. The Balaban J connectivity index is 1.57. The van der Waals surface area contributed by atoms with Crippen molar-refractivity contribution in [2.24, 2.45) is 0 Å². The minimum atomic E-state index is -3.89. The molecular formula is C21H14Cl2N4O4S. The van der Waals surface area contributed by atoms with Gasteiger partial charge >= 0.3 is 6.01 Å². The summed E-state index contributed by atoms with van der Waals surface area (Å²) in [5.74, 6) is -0.588. The van der Waals surface area contributed by atoms with E-state index in [-0.39, 0.29) is 28.1 Å². The molecule has 0 fully saturated rings. The summed E-state index contributed by atoms with van der Waals surface area (Å²) in [6, 6.07) is 18.5. The molecular weight excluding hydrogens is 475 g/mol. The molecule has 0 aliphatic rings. The SMILES string of the molecule is O=C(Nc1nnc(-c2cc(Cl)ccc2Cl)o1)c1ccccc1NS(=O)(=O)c1ccccc1. The van der Waals surface area contributed by atoms with E-state index >= 15 is 0 Å². The molecule has 0 saturated heterocycles. The Morgan fingerprint density at radius 1 is 0.906 bits per heavy atom. The molecule has 0 aliphatic carbocycles. The molecule has 0 aliphatic heterocycles. The van der Waals surface area contributed by atoms with Gasteiger partial charge in [-0.05, 0) is 42.5 Å². The van der Waals surface area contributed by atoms with E-state index in [1.165, 1.54) is 24.3 Å². The highest BCUT2D eigenvalue weighted by Gasteiger charge is 2.20. The van der Waals surface area contributed by atoms with Crippen LogP contribution in [0.15, 0.2) is 82.1 Å². The van der Waals surface area contributed by atoms with Gasteiger partial charge in [0.15, 0.2) is 0 Å². The van der Waals surface area contributed by atoms with Crippen LogP contribution in [-0.4, -0.2) is 24.5 Å². The van der Waals surface area contributed by atoms with Gasteiger partial charge in [-0.1, -0.05) is 58.6 Å². The molecule has 1 amide bonds. The third kappa shape index (κ3) is 4.75. The molecule has 8 nitrogen and oxygen atoms in total. The first-order valence-corrected chi connectivity index (χ1v) is 11.3. The van der Waals surface area contributed by atoms with Crippen LogP contribution in [0.5, 0.6) is 0 Å². The van der Waals surface area contributed by atoms with Crippen molar-refractivity contribution in [3.63, 3.8) is 0 Å². The van der Waals surface area contributed by atoms with Crippen LogP contribution in [0.25, 0.3) is 11.5 Å². The number of hydrogen-bond donors (Lipinski definition) is 2. The van der Waals surface area contributed by atoms with Gasteiger partial charge in [0.1, 0.15) is 0 Å². The summed E-state index contributed by atoms with van der Waals surface area (Å²) in [6.45, 7) is 0. The lowest BCUT2D eigenvalue weighted by Gasteiger charge is -2.11. The van der Waals surface area contributed by atoms with Crippen LogP contribution in [-0.2, 0) is 10.0 Å². The summed E-state index contributed by atoms with van der Waals surface area (Å²) in [6.07, 6.45) is 0. The van der Waals surface area contributed by atoms with Crippen LogP contribution < -0.4 is 10.0 Å². The molecule has 11 heteroatoms. The van der Waals surface area contributed by atoms with Gasteiger partial charge in [0.05, 0.1) is 26.7 Å². The highest BCUT2D eigenvalue weighted by Crippen LogP contribution is 2.30. The van der Waals surface area contributed by atoms with Crippen LogP contribution in [0, 0.1) is 0 Å². The van der Waals surface area contributed by atoms with Gasteiger partial charge in [0.2, 0.25) is 0 Å².